The Morgan fingerprint density at radius 2 is 2.12 bits per heavy atom. The third-order valence-corrected chi connectivity index (χ3v) is 5.56. The molecule has 1 fully saturated rings. The fourth-order valence-corrected chi connectivity index (χ4v) is 3.59. The van der Waals surface area contributed by atoms with E-state index in [0.717, 1.165) is 0 Å². The van der Waals surface area contributed by atoms with Gasteiger partial charge in [-0.1, -0.05) is 11.6 Å². The van der Waals surface area contributed by atoms with E-state index in [1.165, 1.54) is 18.5 Å². The van der Waals surface area contributed by atoms with Crippen molar-refractivity contribution in [3.05, 3.63) is 47.5 Å². The minimum atomic E-state index is -0.497. The van der Waals surface area contributed by atoms with E-state index in [-0.39, 0.29) is 17.0 Å². The Kier molecular flexibility index (Phi) is 6.57. The number of carbonyl (C=O) groups is 1. The van der Waals surface area contributed by atoms with E-state index < -0.39 is 5.82 Å². The first-order chi connectivity index (χ1) is 15.4. The number of nitrogens with zero attached hydrogens (tertiary/aromatic N) is 3. The molecule has 0 radical (unpaired) electrons. The third kappa shape index (κ3) is 4.84. The van der Waals surface area contributed by atoms with Crippen molar-refractivity contribution in [2.24, 2.45) is 0 Å². The number of fused-ring (bicyclic) bond motifs is 1. The summed E-state index contributed by atoms with van der Waals surface area (Å²) < 4.78 is 30.0. The van der Waals surface area contributed by atoms with E-state index in [0.29, 0.717) is 60.1 Å². The van der Waals surface area contributed by atoms with Crippen molar-refractivity contribution < 1.29 is 23.4 Å². The van der Waals surface area contributed by atoms with Crippen molar-refractivity contribution in [3.63, 3.8) is 0 Å². The standard InChI is InChI=1S/C22H22ClFN4O4/c1-28(14-8-21(29)32-11-14)5-6-31-20-9-15-18(10-19(20)30-2)25-12-26-22(15)27-13-3-4-17(24)16(23)7-13/h3-4,7,9-10,12,14H,5-6,8,11H2,1-2H3,(H,25,26,27). The van der Waals surface area contributed by atoms with Crippen LogP contribution >= 0.6 is 11.6 Å². The molecule has 1 aliphatic rings. The molecule has 168 valence electrons. The van der Waals surface area contributed by atoms with Crippen LogP contribution < -0.4 is 14.8 Å². The highest BCUT2D eigenvalue weighted by Gasteiger charge is 2.27. The van der Waals surface area contributed by atoms with E-state index in [9.17, 15) is 9.18 Å². The lowest BCUT2D eigenvalue weighted by Crippen LogP contribution is -2.35. The monoisotopic (exact) mass is 460 g/mol. The Morgan fingerprint density at radius 1 is 1.28 bits per heavy atom. The molecule has 1 aliphatic heterocycles. The van der Waals surface area contributed by atoms with Crippen LogP contribution in [0.3, 0.4) is 0 Å². The molecule has 32 heavy (non-hydrogen) atoms. The number of nitrogens with one attached hydrogen (secondary N) is 1. The number of likely N-dealkylation sites (N-methyl/N-ethyl adjacent to an activating group) is 1. The average molecular weight is 461 g/mol. The predicted molar refractivity (Wildman–Crippen MR) is 118 cm³/mol. The van der Waals surface area contributed by atoms with E-state index in [1.807, 2.05) is 11.9 Å². The number of halogens is 2. The molecule has 0 bridgehead atoms. The Hall–Kier alpha value is -3.17. The zero-order valence-electron chi connectivity index (χ0n) is 17.6. The van der Waals surface area contributed by atoms with Gasteiger partial charge in [0.15, 0.2) is 11.5 Å². The molecule has 1 aromatic heterocycles. The molecule has 0 spiro atoms. The molecule has 0 saturated carbocycles. The quantitative estimate of drug-likeness (QED) is 0.508. The maximum Gasteiger partial charge on any atom is 0.307 e. The highest BCUT2D eigenvalue weighted by molar-refractivity contribution is 6.31. The van der Waals surface area contributed by atoms with Crippen LogP contribution in [0, 0.1) is 5.82 Å². The van der Waals surface area contributed by atoms with Gasteiger partial charge in [0.05, 0.1) is 30.1 Å². The van der Waals surface area contributed by atoms with E-state index in [2.05, 4.69) is 15.3 Å². The molecule has 4 rings (SSSR count). The molecule has 3 aromatic rings. The van der Waals surface area contributed by atoms with Crippen molar-refractivity contribution in [1.82, 2.24) is 14.9 Å². The predicted octanol–water partition coefficient (Wildman–Crippen LogP) is 3.80. The summed E-state index contributed by atoms with van der Waals surface area (Å²) in [4.78, 5) is 22.0. The number of ether oxygens (including phenoxy) is 3. The van der Waals surface area contributed by atoms with Gasteiger partial charge < -0.3 is 19.5 Å². The number of hydrogen-bond acceptors (Lipinski definition) is 8. The van der Waals surface area contributed by atoms with E-state index in [4.69, 9.17) is 25.8 Å². The summed E-state index contributed by atoms with van der Waals surface area (Å²) in [6, 6.07) is 7.95. The van der Waals surface area contributed by atoms with Gasteiger partial charge in [-0.25, -0.2) is 14.4 Å². The second-order valence-electron chi connectivity index (χ2n) is 7.37. The summed E-state index contributed by atoms with van der Waals surface area (Å²) in [5.74, 6) is 0.908. The van der Waals surface area contributed by atoms with Crippen molar-refractivity contribution in [3.8, 4) is 11.5 Å². The number of carbonyl (C=O) groups excluding carboxylic acids is 1. The summed E-state index contributed by atoms with van der Waals surface area (Å²) in [5, 5.41) is 3.86. The topological polar surface area (TPSA) is 85.8 Å². The molecule has 2 aromatic carbocycles. The number of benzene rings is 2. The summed E-state index contributed by atoms with van der Waals surface area (Å²) in [6.45, 7) is 1.38. The first kappa shape index (κ1) is 22.0. The maximum atomic E-state index is 13.5. The van der Waals surface area contributed by atoms with Gasteiger partial charge in [0.1, 0.15) is 31.2 Å². The number of cyclic esters (lactones) is 1. The lowest BCUT2D eigenvalue weighted by Gasteiger charge is -2.22. The zero-order chi connectivity index (χ0) is 22.7. The molecule has 2 heterocycles. The van der Waals surface area contributed by atoms with Crippen LogP contribution in [0.15, 0.2) is 36.7 Å². The van der Waals surface area contributed by atoms with Crippen LogP contribution in [-0.2, 0) is 9.53 Å². The number of methoxy groups -OCH3 is 1. The number of anilines is 2. The molecule has 8 nitrogen and oxygen atoms in total. The van der Waals surface area contributed by atoms with Gasteiger partial charge in [0.2, 0.25) is 0 Å². The normalized spacial score (nSPS) is 15.8. The fourth-order valence-electron chi connectivity index (χ4n) is 3.41. The van der Waals surface area contributed by atoms with Crippen molar-refractivity contribution >= 4 is 40.0 Å². The Balaban J connectivity index is 1.53. The first-order valence-electron chi connectivity index (χ1n) is 9.98. The molecule has 10 heteroatoms. The molecular weight excluding hydrogens is 439 g/mol. The minimum Gasteiger partial charge on any atom is -0.493 e. The van der Waals surface area contributed by atoms with Crippen LogP contribution in [0.4, 0.5) is 15.9 Å². The van der Waals surface area contributed by atoms with E-state index in [1.54, 1.807) is 25.3 Å². The third-order valence-electron chi connectivity index (χ3n) is 5.27. The van der Waals surface area contributed by atoms with Gasteiger partial charge in [-0.15, -0.1) is 0 Å². The Labute approximate surface area is 189 Å². The molecule has 1 saturated heterocycles. The maximum absolute atomic E-state index is 13.5. The minimum absolute atomic E-state index is 0.0116. The van der Waals surface area contributed by atoms with E-state index >= 15 is 0 Å². The fraction of sp³-hybridized carbons (Fsp3) is 0.318. The van der Waals surface area contributed by atoms with Gasteiger partial charge in [-0.3, -0.25) is 9.69 Å². The van der Waals surface area contributed by atoms with Gasteiger partial charge >= 0.3 is 5.97 Å². The molecule has 0 amide bonds. The van der Waals surface area contributed by atoms with Crippen LogP contribution in [0.5, 0.6) is 11.5 Å². The van der Waals surface area contributed by atoms with Gasteiger partial charge in [-0.2, -0.15) is 0 Å². The van der Waals surface area contributed by atoms with Crippen LogP contribution in [0.2, 0.25) is 5.02 Å². The molecule has 1 unspecified atom stereocenters. The summed E-state index contributed by atoms with van der Waals surface area (Å²) >= 11 is 5.89. The lowest BCUT2D eigenvalue weighted by atomic mass is 10.2. The smallest absolute Gasteiger partial charge is 0.307 e. The van der Waals surface area contributed by atoms with Crippen LogP contribution in [0.1, 0.15) is 6.42 Å². The molecule has 1 N–H and O–H groups in total. The zero-order valence-corrected chi connectivity index (χ0v) is 18.4. The lowest BCUT2D eigenvalue weighted by molar-refractivity contribution is -0.137. The number of hydrogen-bond donors (Lipinski definition) is 1. The molecule has 1 atom stereocenters. The largest absolute Gasteiger partial charge is 0.493 e. The highest BCUT2D eigenvalue weighted by Crippen LogP contribution is 2.35. The second kappa shape index (κ2) is 9.54. The SMILES string of the molecule is COc1cc2ncnc(Nc3ccc(F)c(Cl)c3)c2cc1OCCN(C)C1COC(=O)C1. The number of esters is 1. The number of rotatable bonds is 8. The van der Waals surface area contributed by atoms with Gasteiger partial charge in [-0.05, 0) is 31.3 Å². The first-order valence-corrected chi connectivity index (χ1v) is 10.4. The average Bonchev–Trinajstić information content (AvgIpc) is 3.22. The molecular formula is C22H22ClFN4O4. The van der Waals surface area contributed by atoms with Gasteiger partial charge in [0, 0.05) is 23.7 Å². The Bertz CT molecular complexity index is 1150. The van der Waals surface area contributed by atoms with Crippen molar-refractivity contribution in [2.45, 2.75) is 12.5 Å². The van der Waals surface area contributed by atoms with Crippen LogP contribution in [0.25, 0.3) is 10.9 Å². The van der Waals surface area contributed by atoms with Gasteiger partial charge in [0.25, 0.3) is 0 Å². The summed E-state index contributed by atoms with van der Waals surface area (Å²) in [5.41, 5.74) is 1.24. The Morgan fingerprint density at radius 3 is 2.84 bits per heavy atom. The van der Waals surface area contributed by atoms with Crippen molar-refractivity contribution in [1.29, 1.82) is 0 Å². The van der Waals surface area contributed by atoms with Crippen LogP contribution in [-0.4, -0.2) is 60.8 Å². The summed E-state index contributed by atoms with van der Waals surface area (Å²) in [7, 11) is 3.49. The molecule has 0 aliphatic carbocycles. The highest BCUT2D eigenvalue weighted by atomic mass is 35.5. The second-order valence-corrected chi connectivity index (χ2v) is 7.77. The number of aromatic nitrogens is 2. The van der Waals surface area contributed by atoms with Crippen molar-refractivity contribution in [2.75, 3.05) is 39.2 Å². The summed E-state index contributed by atoms with van der Waals surface area (Å²) in [6.07, 6.45) is 1.81.